The Balaban J connectivity index is 1.35. The van der Waals surface area contributed by atoms with Crippen molar-refractivity contribution in [3.63, 3.8) is 0 Å². The molecule has 2 fully saturated rings. The number of anilines is 1. The molecular weight excluding hydrogens is 444 g/mol. The van der Waals surface area contributed by atoms with Gasteiger partial charge in [0.15, 0.2) is 0 Å². The van der Waals surface area contributed by atoms with Crippen LogP contribution in [0.3, 0.4) is 0 Å². The predicted octanol–water partition coefficient (Wildman–Crippen LogP) is 1.89. The Hall–Kier alpha value is -3.82. The number of nitrogens with zero attached hydrogens (tertiary/aromatic N) is 1. The van der Waals surface area contributed by atoms with E-state index >= 15 is 0 Å². The van der Waals surface area contributed by atoms with E-state index in [9.17, 15) is 23.2 Å². The zero-order chi connectivity index (χ0) is 24.4. The standard InChI is InChI=1S/C24H25F2N5O3/c25-13-7-8-14(17(26)10-13)16-11-19(16)30-24(34)20-6-3-9-31(20)21(32)12-29-18-5-2-1-4-15(18)22(27)23(28)33/h1-2,4-5,7-8,10,16,19-20,27,29H,3,6,9,11-12H2,(H2,28,33)(H,30,34). The van der Waals surface area contributed by atoms with Crippen molar-refractivity contribution < 1.29 is 23.2 Å². The molecule has 2 aromatic carbocycles. The van der Waals surface area contributed by atoms with Crippen molar-refractivity contribution in [1.29, 1.82) is 5.41 Å². The highest BCUT2D eigenvalue weighted by Crippen LogP contribution is 2.42. The van der Waals surface area contributed by atoms with E-state index in [2.05, 4.69) is 10.6 Å². The second-order valence-electron chi connectivity index (χ2n) is 8.51. The number of amides is 3. The number of hydrogen-bond acceptors (Lipinski definition) is 5. The number of benzene rings is 2. The normalized spacial score (nSPS) is 21.1. The van der Waals surface area contributed by atoms with Crippen LogP contribution in [-0.2, 0) is 14.4 Å². The van der Waals surface area contributed by atoms with Crippen LogP contribution >= 0.6 is 0 Å². The number of likely N-dealkylation sites (tertiary alicyclic amines) is 1. The molecule has 5 N–H and O–H groups in total. The van der Waals surface area contributed by atoms with Crippen molar-refractivity contribution in [2.75, 3.05) is 18.4 Å². The van der Waals surface area contributed by atoms with Gasteiger partial charge in [0.25, 0.3) is 5.91 Å². The molecule has 0 radical (unpaired) electrons. The smallest absolute Gasteiger partial charge is 0.267 e. The highest BCUT2D eigenvalue weighted by molar-refractivity contribution is 6.44. The summed E-state index contributed by atoms with van der Waals surface area (Å²) in [5, 5.41) is 13.7. The number of rotatable bonds is 8. The van der Waals surface area contributed by atoms with Crippen molar-refractivity contribution >= 4 is 29.1 Å². The lowest BCUT2D eigenvalue weighted by molar-refractivity contribution is -0.137. The summed E-state index contributed by atoms with van der Waals surface area (Å²) in [6, 6.07) is 9.09. The van der Waals surface area contributed by atoms with Crippen LogP contribution < -0.4 is 16.4 Å². The minimum absolute atomic E-state index is 0.125. The topological polar surface area (TPSA) is 128 Å². The second kappa shape index (κ2) is 9.58. The minimum atomic E-state index is -0.879. The lowest BCUT2D eigenvalue weighted by Crippen LogP contribution is -2.48. The van der Waals surface area contributed by atoms with Gasteiger partial charge < -0.3 is 21.3 Å². The number of nitrogens with two attached hydrogens (primary N) is 1. The van der Waals surface area contributed by atoms with Crippen LogP contribution in [0, 0.1) is 17.0 Å². The molecule has 2 aromatic rings. The molecular formula is C24H25F2N5O3. The molecule has 1 aliphatic heterocycles. The van der Waals surface area contributed by atoms with Gasteiger partial charge in [-0.25, -0.2) is 8.78 Å². The number of para-hydroxylation sites is 1. The van der Waals surface area contributed by atoms with Crippen LogP contribution in [0.2, 0.25) is 0 Å². The summed E-state index contributed by atoms with van der Waals surface area (Å²) in [6.07, 6.45) is 1.75. The third kappa shape index (κ3) is 4.90. The van der Waals surface area contributed by atoms with Gasteiger partial charge in [-0.1, -0.05) is 24.3 Å². The van der Waals surface area contributed by atoms with E-state index < -0.39 is 23.6 Å². The van der Waals surface area contributed by atoms with Crippen LogP contribution in [0.1, 0.15) is 36.3 Å². The van der Waals surface area contributed by atoms with Crippen molar-refractivity contribution in [3.8, 4) is 0 Å². The van der Waals surface area contributed by atoms with Crippen LogP contribution in [0.15, 0.2) is 42.5 Å². The summed E-state index contributed by atoms with van der Waals surface area (Å²) < 4.78 is 27.2. The van der Waals surface area contributed by atoms with E-state index in [-0.39, 0.29) is 41.6 Å². The Morgan fingerprint density at radius 3 is 2.65 bits per heavy atom. The lowest BCUT2D eigenvalue weighted by atomic mass is 10.1. The second-order valence-corrected chi connectivity index (χ2v) is 8.51. The fourth-order valence-electron chi connectivity index (χ4n) is 4.38. The number of halogens is 2. The molecule has 0 aromatic heterocycles. The van der Waals surface area contributed by atoms with Crippen molar-refractivity contribution in [3.05, 3.63) is 65.2 Å². The van der Waals surface area contributed by atoms with Gasteiger partial charge in [-0.05, 0) is 37.0 Å². The quantitative estimate of drug-likeness (QED) is 0.440. The fraction of sp³-hybridized carbons (Fsp3) is 0.333. The van der Waals surface area contributed by atoms with Gasteiger partial charge in [-0.2, -0.15) is 0 Å². The predicted molar refractivity (Wildman–Crippen MR) is 121 cm³/mol. The molecule has 1 saturated heterocycles. The minimum Gasteiger partial charge on any atom is -0.376 e. The first-order chi connectivity index (χ1) is 16.3. The maximum Gasteiger partial charge on any atom is 0.267 e. The van der Waals surface area contributed by atoms with E-state index in [0.717, 1.165) is 6.07 Å². The van der Waals surface area contributed by atoms with E-state index in [1.165, 1.54) is 17.0 Å². The number of hydrogen-bond donors (Lipinski definition) is 4. The monoisotopic (exact) mass is 469 g/mol. The summed E-state index contributed by atoms with van der Waals surface area (Å²) in [6.45, 7) is 0.303. The maximum atomic E-state index is 14.0. The van der Waals surface area contributed by atoms with Gasteiger partial charge in [0.1, 0.15) is 23.4 Å². The van der Waals surface area contributed by atoms with Gasteiger partial charge in [0.05, 0.1) is 6.54 Å². The number of carbonyl (C=O) groups excluding carboxylic acids is 3. The zero-order valence-electron chi connectivity index (χ0n) is 18.3. The highest BCUT2D eigenvalue weighted by atomic mass is 19.1. The van der Waals surface area contributed by atoms with E-state index in [4.69, 9.17) is 11.1 Å². The third-order valence-corrected chi connectivity index (χ3v) is 6.23. The Bertz CT molecular complexity index is 1160. The molecule has 10 heteroatoms. The summed E-state index contributed by atoms with van der Waals surface area (Å²) >= 11 is 0. The van der Waals surface area contributed by atoms with Gasteiger partial charge >= 0.3 is 0 Å². The van der Waals surface area contributed by atoms with Crippen LogP contribution in [0.4, 0.5) is 14.5 Å². The molecule has 34 heavy (non-hydrogen) atoms. The first-order valence-corrected chi connectivity index (χ1v) is 11.0. The van der Waals surface area contributed by atoms with Crippen molar-refractivity contribution in [2.24, 2.45) is 5.73 Å². The molecule has 1 heterocycles. The number of nitrogens with one attached hydrogen (secondary N) is 3. The first-order valence-electron chi connectivity index (χ1n) is 11.0. The van der Waals surface area contributed by atoms with Gasteiger partial charge in [-0.3, -0.25) is 19.8 Å². The molecule has 3 atom stereocenters. The molecule has 4 rings (SSSR count). The third-order valence-electron chi connectivity index (χ3n) is 6.23. The largest absolute Gasteiger partial charge is 0.376 e. The lowest BCUT2D eigenvalue weighted by Gasteiger charge is -2.24. The molecule has 0 bridgehead atoms. The summed E-state index contributed by atoms with van der Waals surface area (Å²) in [5.74, 6) is -2.96. The number of carbonyl (C=O) groups is 3. The van der Waals surface area contributed by atoms with Crippen LogP contribution in [-0.4, -0.2) is 53.5 Å². The van der Waals surface area contributed by atoms with Gasteiger partial charge in [-0.15, -0.1) is 0 Å². The SMILES string of the molecule is N=C(C(N)=O)c1ccccc1NCC(=O)N1CCCC1C(=O)NC1CC1c1ccc(F)cc1F. The van der Waals surface area contributed by atoms with E-state index in [1.807, 2.05) is 0 Å². The molecule has 0 spiro atoms. The van der Waals surface area contributed by atoms with Crippen molar-refractivity contribution in [1.82, 2.24) is 10.2 Å². The molecule has 3 amide bonds. The molecule has 8 nitrogen and oxygen atoms in total. The van der Waals surface area contributed by atoms with Crippen molar-refractivity contribution in [2.45, 2.75) is 37.3 Å². The Morgan fingerprint density at radius 2 is 1.91 bits per heavy atom. The van der Waals surface area contributed by atoms with Gasteiger partial charge in [0, 0.05) is 35.8 Å². The van der Waals surface area contributed by atoms with Crippen LogP contribution in [0.5, 0.6) is 0 Å². The average molecular weight is 469 g/mol. The average Bonchev–Trinajstić information content (AvgIpc) is 3.37. The zero-order valence-corrected chi connectivity index (χ0v) is 18.3. The Kier molecular flexibility index (Phi) is 6.58. The van der Waals surface area contributed by atoms with E-state index in [1.54, 1.807) is 24.3 Å². The molecule has 2 aliphatic rings. The van der Waals surface area contributed by atoms with Crippen LogP contribution in [0.25, 0.3) is 0 Å². The molecule has 1 saturated carbocycles. The Labute approximate surface area is 195 Å². The fourth-order valence-corrected chi connectivity index (χ4v) is 4.38. The van der Waals surface area contributed by atoms with E-state index in [0.29, 0.717) is 37.1 Å². The molecule has 1 aliphatic carbocycles. The Morgan fingerprint density at radius 1 is 1.15 bits per heavy atom. The summed E-state index contributed by atoms with van der Waals surface area (Å²) in [5.41, 5.74) is 5.91. The summed E-state index contributed by atoms with van der Waals surface area (Å²) in [4.78, 5) is 38.6. The molecule has 178 valence electrons. The first kappa shape index (κ1) is 23.3. The van der Waals surface area contributed by atoms with Gasteiger partial charge in [0.2, 0.25) is 11.8 Å². The maximum absolute atomic E-state index is 14.0. The highest BCUT2D eigenvalue weighted by Gasteiger charge is 2.43. The molecule has 3 unspecified atom stereocenters. The summed E-state index contributed by atoms with van der Waals surface area (Å²) in [7, 11) is 0. The number of primary amides is 1.